The quantitative estimate of drug-likeness (QED) is 0.826. The average Bonchev–Trinajstić information content (AvgIpc) is 2.84. The van der Waals surface area contributed by atoms with Gasteiger partial charge in [0, 0.05) is 12.1 Å². The Kier molecular flexibility index (Phi) is 5.06. The molecule has 18 heavy (non-hydrogen) atoms. The largest absolute Gasteiger partial charge is 0.490 e. The number of para-hydroxylation sites is 1. The van der Waals surface area contributed by atoms with Crippen LogP contribution in [0, 0.1) is 5.92 Å². The molecule has 0 saturated heterocycles. The third kappa shape index (κ3) is 4.02. The Morgan fingerprint density at radius 2 is 1.94 bits per heavy atom. The maximum Gasteiger partial charge on any atom is 0.124 e. The number of nitrogens with one attached hydrogen (secondary N) is 1. The number of hydrogen-bond acceptors (Lipinski definition) is 2. The molecule has 1 aromatic rings. The summed E-state index contributed by atoms with van der Waals surface area (Å²) in [5.74, 6) is 1.76. The fourth-order valence-electron chi connectivity index (χ4n) is 2.45. The topological polar surface area (TPSA) is 21.3 Å². The van der Waals surface area contributed by atoms with Gasteiger partial charge in [-0.1, -0.05) is 32.0 Å². The predicted molar refractivity (Wildman–Crippen MR) is 75.9 cm³/mol. The molecule has 0 amide bonds. The standard InChI is InChI=1S/C16H25NO/c1-13(2)11-17-12-14-7-3-6-10-16(14)18-15-8-4-5-9-15/h3,6-7,10,13,15,17H,4-5,8-9,11-12H2,1-2H3. The van der Waals surface area contributed by atoms with Crippen molar-refractivity contribution in [2.24, 2.45) is 5.92 Å². The number of hydrogen-bond donors (Lipinski definition) is 1. The molecule has 1 aliphatic rings. The van der Waals surface area contributed by atoms with Crippen molar-refractivity contribution in [1.82, 2.24) is 5.32 Å². The Balaban J connectivity index is 1.91. The lowest BCUT2D eigenvalue weighted by atomic mass is 10.1. The lowest BCUT2D eigenvalue weighted by molar-refractivity contribution is 0.207. The van der Waals surface area contributed by atoms with Gasteiger partial charge in [-0.3, -0.25) is 0 Å². The van der Waals surface area contributed by atoms with Crippen molar-refractivity contribution in [2.45, 2.75) is 52.2 Å². The fraction of sp³-hybridized carbons (Fsp3) is 0.625. The van der Waals surface area contributed by atoms with E-state index in [4.69, 9.17) is 4.74 Å². The summed E-state index contributed by atoms with van der Waals surface area (Å²) >= 11 is 0. The highest BCUT2D eigenvalue weighted by atomic mass is 16.5. The molecule has 2 nitrogen and oxygen atoms in total. The summed E-state index contributed by atoms with van der Waals surface area (Å²) in [7, 11) is 0. The Morgan fingerprint density at radius 3 is 2.67 bits per heavy atom. The zero-order valence-corrected chi connectivity index (χ0v) is 11.6. The Hall–Kier alpha value is -1.02. The van der Waals surface area contributed by atoms with E-state index in [0.717, 1.165) is 18.8 Å². The monoisotopic (exact) mass is 247 g/mol. The van der Waals surface area contributed by atoms with Crippen LogP contribution in [0.25, 0.3) is 0 Å². The molecule has 1 N–H and O–H groups in total. The first-order valence-corrected chi connectivity index (χ1v) is 7.21. The first kappa shape index (κ1) is 13.4. The number of ether oxygens (including phenoxy) is 1. The first-order chi connectivity index (χ1) is 8.75. The Bertz CT molecular complexity index is 356. The zero-order valence-electron chi connectivity index (χ0n) is 11.6. The van der Waals surface area contributed by atoms with Crippen LogP contribution in [0.3, 0.4) is 0 Å². The van der Waals surface area contributed by atoms with Gasteiger partial charge in [0.15, 0.2) is 0 Å². The lowest BCUT2D eigenvalue weighted by Gasteiger charge is -2.17. The lowest BCUT2D eigenvalue weighted by Crippen LogP contribution is -2.20. The van der Waals surface area contributed by atoms with Crippen LogP contribution in [0.2, 0.25) is 0 Å². The van der Waals surface area contributed by atoms with Gasteiger partial charge >= 0.3 is 0 Å². The van der Waals surface area contributed by atoms with Gasteiger partial charge in [-0.25, -0.2) is 0 Å². The normalized spacial score (nSPS) is 16.4. The van der Waals surface area contributed by atoms with Crippen LogP contribution < -0.4 is 10.1 Å². The molecule has 1 aromatic carbocycles. The van der Waals surface area contributed by atoms with E-state index in [1.165, 1.54) is 31.2 Å². The van der Waals surface area contributed by atoms with Crippen molar-refractivity contribution in [1.29, 1.82) is 0 Å². The Morgan fingerprint density at radius 1 is 1.22 bits per heavy atom. The van der Waals surface area contributed by atoms with Crippen LogP contribution in [-0.4, -0.2) is 12.6 Å². The molecule has 2 heteroatoms. The van der Waals surface area contributed by atoms with Crippen LogP contribution in [0.1, 0.15) is 45.1 Å². The highest BCUT2D eigenvalue weighted by Gasteiger charge is 2.17. The van der Waals surface area contributed by atoms with E-state index >= 15 is 0 Å². The van der Waals surface area contributed by atoms with E-state index in [1.807, 2.05) is 0 Å². The van der Waals surface area contributed by atoms with Gasteiger partial charge in [-0.05, 0) is 44.2 Å². The summed E-state index contributed by atoms with van der Waals surface area (Å²) in [4.78, 5) is 0. The van der Waals surface area contributed by atoms with Crippen molar-refractivity contribution in [3.05, 3.63) is 29.8 Å². The van der Waals surface area contributed by atoms with Gasteiger partial charge in [0.2, 0.25) is 0 Å². The summed E-state index contributed by atoms with van der Waals surface area (Å²) in [6, 6.07) is 8.42. The van der Waals surface area contributed by atoms with E-state index < -0.39 is 0 Å². The molecule has 0 bridgehead atoms. The van der Waals surface area contributed by atoms with Gasteiger partial charge in [-0.15, -0.1) is 0 Å². The number of benzene rings is 1. The summed E-state index contributed by atoms with van der Waals surface area (Å²) in [6.45, 7) is 6.42. The smallest absolute Gasteiger partial charge is 0.124 e. The second kappa shape index (κ2) is 6.79. The molecule has 100 valence electrons. The zero-order chi connectivity index (χ0) is 12.8. The Labute approximate surface area is 111 Å². The van der Waals surface area contributed by atoms with E-state index in [1.54, 1.807) is 0 Å². The second-order valence-corrected chi connectivity index (χ2v) is 5.66. The summed E-state index contributed by atoms with van der Waals surface area (Å²) < 4.78 is 6.12. The molecular formula is C16H25NO. The van der Waals surface area contributed by atoms with E-state index in [0.29, 0.717) is 12.0 Å². The summed E-state index contributed by atoms with van der Waals surface area (Å²) in [5, 5.41) is 3.49. The molecule has 0 spiro atoms. The molecule has 1 fully saturated rings. The molecular weight excluding hydrogens is 222 g/mol. The summed E-state index contributed by atoms with van der Waals surface area (Å²) in [6.07, 6.45) is 5.51. The molecule has 0 heterocycles. The molecule has 1 aliphatic carbocycles. The van der Waals surface area contributed by atoms with Crippen molar-refractivity contribution >= 4 is 0 Å². The predicted octanol–water partition coefficient (Wildman–Crippen LogP) is 3.75. The average molecular weight is 247 g/mol. The highest BCUT2D eigenvalue weighted by Crippen LogP contribution is 2.26. The third-order valence-electron chi connectivity index (χ3n) is 3.44. The van der Waals surface area contributed by atoms with Gasteiger partial charge in [0.25, 0.3) is 0 Å². The van der Waals surface area contributed by atoms with Crippen molar-refractivity contribution < 1.29 is 4.74 Å². The van der Waals surface area contributed by atoms with Gasteiger partial charge < -0.3 is 10.1 Å². The first-order valence-electron chi connectivity index (χ1n) is 7.21. The molecule has 0 atom stereocenters. The van der Waals surface area contributed by atoms with Gasteiger partial charge in [-0.2, -0.15) is 0 Å². The minimum atomic E-state index is 0.441. The fourth-order valence-corrected chi connectivity index (χ4v) is 2.45. The van der Waals surface area contributed by atoms with Crippen LogP contribution >= 0.6 is 0 Å². The van der Waals surface area contributed by atoms with Crippen molar-refractivity contribution in [3.8, 4) is 5.75 Å². The highest BCUT2D eigenvalue weighted by molar-refractivity contribution is 5.33. The molecule has 0 aliphatic heterocycles. The third-order valence-corrected chi connectivity index (χ3v) is 3.44. The van der Waals surface area contributed by atoms with Crippen LogP contribution in [0.15, 0.2) is 24.3 Å². The van der Waals surface area contributed by atoms with E-state index in [2.05, 4.69) is 43.4 Å². The molecule has 0 unspecified atom stereocenters. The maximum absolute atomic E-state index is 6.12. The van der Waals surface area contributed by atoms with Gasteiger partial charge in [0.1, 0.15) is 5.75 Å². The molecule has 2 rings (SSSR count). The molecule has 0 radical (unpaired) electrons. The SMILES string of the molecule is CC(C)CNCc1ccccc1OC1CCCC1. The maximum atomic E-state index is 6.12. The number of rotatable bonds is 6. The van der Waals surface area contributed by atoms with E-state index in [-0.39, 0.29) is 0 Å². The minimum Gasteiger partial charge on any atom is -0.490 e. The van der Waals surface area contributed by atoms with E-state index in [9.17, 15) is 0 Å². The van der Waals surface area contributed by atoms with Crippen molar-refractivity contribution in [3.63, 3.8) is 0 Å². The summed E-state index contributed by atoms with van der Waals surface area (Å²) in [5.41, 5.74) is 1.28. The molecule has 1 saturated carbocycles. The second-order valence-electron chi connectivity index (χ2n) is 5.66. The van der Waals surface area contributed by atoms with Crippen LogP contribution in [0.5, 0.6) is 5.75 Å². The van der Waals surface area contributed by atoms with Crippen molar-refractivity contribution in [2.75, 3.05) is 6.54 Å². The molecule has 0 aromatic heterocycles. The van der Waals surface area contributed by atoms with Crippen LogP contribution in [-0.2, 0) is 6.54 Å². The van der Waals surface area contributed by atoms with Gasteiger partial charge in [0.05, 0.1) is 6.10 Å². The van der Waals surface area contributed by atoms with Crippen LogP contribution in [0.4, 0.5) is 0 Å². The minimum absolute atomic E-state index is 0.441.